The highest BCUT2D eigenvalue weighted by Crippen LogP contribution is 2.33. The number of hydrogen-bond donors (Lipinski definition) is 0. The summed E-state index contributed by atoms with van der Waals surface area (Å²) in [5.74, 6) is 0.775. The Labute approximate surface area is 93.5 Å². The molecular formula is C12H11ClO2. The molecule has 0 saturated heterocycles. The van der Waals surface area contributed by atoms with Crippen molar-refractivity contribution >= 4 is 17.4 Å². The van der Waals surface area contributed by atoms with Crippen molar-refractivity contribution in [2.75, 3.05) is 7.11 Å². The predicted molar refractivity (Wildman–Crippen MR) is 59.3 cm³/mol. The Morgan fingerprint density at radius 3 is 2.47 bits per heavy atom. The lowest BCUT2D eigenvalue weighted by molar-refractivity contribution is -0.115. The van der Waals surface area contributed by atoms with Crippen LogP contribution in [0.15, 0.2) is 35.4 Å². The van der Waals surface area contributed by atoms with Gasteiger partial charge in [-0.1, -0.05) is 23.7 Å². The van der Waals surface area contributed by atoms with Crippen molar-refractivity contribution in [3.05, 3.63) is 40.9 Å². The summed E-state index contributed by atoms with van der Waals surface area (Å²) in [4.78, 5) is 11.5. The highest BCUT2D eigenvalue weighted by Gasteiger charge is 2.25. The maximum Gasteiger partial charge on any atom is 0.164 e. The molecule has 1 unspecified atom stereocenters. The lowest BCUT2D eigenvalue weighted by Crippen LogP contribution is -2.04. The number of benzene rings is 1. The predicted octanol–water partition coefficient (Wildman–Crippen LogP) is 2.87. The second-order valence-electron chi connectivity index (χ2n) is 3.52. The van der Waals surface area contributed by atoms with Crippen LogP contribution in [0.4, 0.5) is 0 Å². The lowest BCUT2D eigenvalue weighted by Gasteiger charge is -2.09. The number of hydrogen-bond acceptors (Lipinski definition) is 2. The van der Waals surface area contributed by atoms with E-state index in [1.807, 2.05) is 24.3 Å². The molecule has 2 nitrogen and oxygen atoms in total. The van der Waals surface area contributed by atoms with Crippen molar-refractivity contribution in [1.29, 1.82) is 0 Å². The molecule has 0 spiro atoms. The molecule has 1 atom stereocenters. The quantitative estimate of drug-likeness (QED) is 0.769. The van der Waals surface area contributed by atoms with E-state index >= 15 is 0 Å². The second kappa shape index (κ2) is 4.07. The third-order valence-corrected chi connectivity index (χ3v) is 2.82. The van der Waals surface area contributed by atoms with E-state index in [-0.39, 0.29) is 11.7 Å². The topological polar surface area (TPSA) is 26.3 Å². The van der Waals surface area contributed by atoms with Gasteiger partial charge in [-0.3, -0.25) is 4.79 Å². The molecule has 1 aromatic rings. The largest absolute Gasteiger partial charge is 0.497 e. The molecule has 2 rings (SSSR count). The summed E-state index contributed by atoms with van der Waals surface area (Å²) < 4.78 is 5.06. The SMILES string of the molecule is COc1ccc(C2CC(Cl)=CC2=O)cc1. The maximum atomic E-state index is 11.5. The third-order valence-electron chi connectivity index (χ3n) is 2.56. The number of ether oxygens (including phenoxy) is 1. The number of halogens is 1. The van der Waals surface area contributed by atoms with E-state index < -0.39 is 0 Å². The number of methoxy groups -OCH3 is 1. The monoisotopic (exact) mass is 222 g/mol. The van der Waals surface area contributed by atoms with Crippen LogP contribution in [0, 0.1) is 0 Å². The average molecular weight is 223 g/mol. The van der Waals surface area contributed by atoms with E-state index in [2.05, 4.69) is 0 Å². The molecule has 15 heavy (non-hydrogen) atoms. The van der Waals surface area contributed by atoms with Crippen LogP contribution in [0.1, 0.15) is 17.9 Å². The van der Waals surface area contributed by atoms with Crippen LogP contribution in [0.2, 0.25) is 0 Å². The molecule has 0 heterocycles. The fourth-order valence-corrected chi connectivity index (χ4v) is 1.99. The number of ketones is 1. The highest BCUT2D eigenvalue weighted by atomic mass is 35.5. The average Bonchev–Trinajstić information content (AvgIpc) is 2.58. The van der Waals surface area contributed by atoms with Crippen molar-refractivity contribution in [3.8, 4) is 5.75 Å². The van der Waals surface area contributed by atoms with Crippen molar-refractivity contribution in [2.24, 2.45) is 0 Å². The number of allylic oxidation sites excluding steroid dienone is 2. The van der Waals surface area contributed by atoms with Crippen LogP contribution < -0.4 is 4.74 Å². The first-order chi connectivity index (χ1) is 7.20. The van der Waals surface area contributed by atoms with Crippen LogP contribution in [0.5, 0.6) is 5.75 Å². The summed E-state index contributed by atoms with van der Waals surface area (Å²) in [5.41, 5.74) is 0.993. The van der Waals surface area contributed by atoms with Gasteiger partial charge in [0, 0.05) is 5.03 Å². The standard InChI is InChI=1S/C12H11ClO2/c1-15-10-4-2-8(3-5-10)11-6-9(13)7-12(11)14/h2-5,7,11H,6H2,1H3. The van der Waals surface area contributed by atoms with Gasteiger partial charge in [-0.2, -0.15) is 0 Å². The maximum absolute atomic E-state index is 11.5. The van der Waals surface area contributed by atoms with Crippen LogP contribution >= 0.6 is 11.6 Å². The summed E-state index contributed by atoms with van der Waals surface area (Å²) in [5, 5.41) is 0.640. The summed E-state index contributed by atoms with van der Waals surface area (Å²) in [6.07, 6.45) is 2.13. The van der Waals surface area contributed by atoms with Gasteiger partial charge in [0.2, 0.25) is 0 Å². The summed E-state index contributed by atoms with van der Waals surface area (Å²) in [6.45, 7) is 0. The summed E-state index contributed by atoms with van der Waals surface area (Å²) in [6, 6.07) is 7.53. The molecule has 0 aromatic heterocycles. The number of carbonyl (C=O) groups excluding carboxylic acids is 1. The molecule has 0 N–H and O–H groups in total. The normalized spacial score (nSPS) is 20.3. The highest BCUT2D eigenvalue weighted by molar-refractivity contribution is 6.32. The van der Waals surface area contributed by atoms with Crippen molar-refractivity contribution in [2.45, 2.75) is 12.3 Å². The molecule has 0 fully saturated rings. The van der Waals surface area contributed by atoms with Crippen molar-refractivity contribution in [3.63, 3.8) is 0 Å². The van der Waals surface area contributed by atoms with Gasteiger partial charge >= 0.3 is 0 Å². The number of rotatable bonds is 2. The van der Waals surface area contributed by atoms with Gasteiger partial charge in [0.05, 0.1) is 13.0 Å². The molecule has 1 aliphatic carbocycles. The second-order valence-corrected chi connectivity index (χ2v) is 4.01. The summed E-state index contributed by atoms with van der Waals surface area (Å²) >= 11 is 5.83. The lowest BCUT2D eigenvalue weighted by atomic mass is 9.96. The van der Waals surface area contributed by atoms with E-state index in [1.165, 1.54) is 6.08 Å². The van der Waals surface area contributed by atoms with Gasteiger partial charge in [-0.25, -0.2) is 0 Å². The number of carbonyl (C=O) groups is 1. The zero-order valence-corrected chi connectivity index (χ0v) is 9.12. The minimum atomic E-state index is -0.108. The third kappa shape index (κ3) is 2.05. The molecule has 78 valence electrons. The van der Waals surface area contributed by atoms with Gasteiger partial charge in [-0.05, 0) is 30.2 Å². The molecule has 0 aliphatic heterocycles. The first-order valence-corrected chi connectivity index (χ1v) is 5.12. The van der Waals surface area contributed by atoms with E-state index in [1.54, 1.807) is 7.11 Å². The molecule has 0 bridgehead atoms. The summed E-state index contributed by atoms with van der Waals surface area (Å²) in [7, 11) is 1.62. The van der Waals surface area contributed by atoms with Crippen LogP contribution in [-0.4, -0.2) is 12.9 Å². The van der Waals surface area contributed by atoms with Gasteiger partial charge in [-0.15, -0.1) is 0 Å². The van der Waals surface area contributed by atoms with Gasteiger partial charge < -0.3 is 4.74 Å². The van der Waals surface area contributed by atoms with E-state index in [4.69, 9.17) is 16.3 Å². The Morgan fingerprint density at radius 1 is 1.33 bits per heavy atom. The Morgan fingerprint density at radius 2 is 2.00 bits per heavy atom. The van der Waals surface area contributed by atoms with Gasteiger partial charge in [0.15, 0.2) is 5.78 Å². The molecule has 3 heteroatoms. The Hall–Kier alpha value is -1.28. The van der Waals surface area contributed by atoms with E-state index in [0.717, 1.165) is 11.3 Å². The minimum absolute atomic E-state index is 0.0881. The van der Waals surface area contributed by atoms with Crippen molar-refractivity contribution < 1.29 is 9.53 Å². The van der Waals surface area contributed by atoms with E-state index in [9.17, 15) is 4.79 Å². The molecule has 0 radical (unpaired) electrons. The fourth-order valence-electron chi connectivity index (χ4n) is 1.73. The molecule has 0 saturated carbocycles. The van der Waals surface area contributed by atoms with Crippen LogP contribution in [0.3, 0.4) is 0 Å². The molecule has 0 amide bonds. The zero-order valence-electron chi connectivity index (χ0n) is 8.37. The molecule has 1 aromatic carbocycles. The van der Waals surface area contributed by atoms with Crippen molar-refractivity contribution in [1.82, 2.24) is 0 Å². The van der Waals surface area contributed by atoms with E-state index in [0.29, 0.717) is 11.5 Å². The molecular weight excluding hydrogens is 212 g/mol. The Balaban J connectivity index is 2.21. The van der Waals surface area contributed by atoms with Gasteiger partial charge in [0.25, 0.3) is 0 Å². The Bertz CT molecular complexity index is 406. The minimum Gasteiger partial charge on any atom is -0.497 e. The first kappa shape index (κ1) is 10.2. The Kier molecular flexibility index (Phi) is 2.78. The van der Waals surface area contributed by atoms with Crippen LogP contribution in [0.25, 0.3) is 0 Å². The van der Waals surface area contributed by atoms with Crippen LogP contribution in [-0.2, 0) is 4.79 Å². The van der Waals surface area contributed by atoms with Gasteiger partial charge in [0.1, 0.15) is 5.75 Å². The fraction of sp³-hybridized carbons (Fsp3) is 0.250. The molecule has 1 aliphatic rings. The smallest absolute Gasteiger partial charge is 0.164 e. The zero-order chi connectivity index (χ0) is 10.8. The first-order valence-electron chi connectivity index (χ1n) is 4.74.